The third-order valence-electron chi connectivity index (χ3n) is 6.13. The lowest BCUT2D eigenvalue weighted by molar-refractivity contribution is -0.139. The molecular weight excluding hydrogens is 573 g/mol. The van der Waals surface area contributed by atoms with E-state index in [4.69, 9.17) is 27.9 Å². The number of benzene rings is 3. The number of hydrogen-bond donors (Lipinski definition) is 1. The van der Waals surface area contributed by atoms with Crippen molar-refractivity contribution in [3.8, 4) is 5.75 Å². The van der Waals surface area contributed by atoms with Crippen molar-refractivity contribution >= 4 is 50.7 Å². The summed E-state index contributed by atoms with van der Waals surface area (Å²) in [6.07, 6.45) is 0.724. The summed E-state index contributed by atoms with van der Waals surface area (Å²) in [6.45, 7) is 5.71. The highest BCUT2D eigenvalue weighted by Crippen LogP contribution is 2.28. The van der Waals surface area contributed by atoms with Gasteiger partial charge in [0.2, 0.25) is 11.8 Å². The molecule has 0 saturated heterocycles. The van der Waals surface area contributed by atoms with Crippen LogP contribution >= 0.6 is 23.2 Å². The summed E-state index contributed by atoms with van der Waals surface area (Å²) in [6, 6.07) is 18.2. The molecule has 0 fully saturated rings. The van der Waals surface area contributed by atoms with Gasteiger partial charge in [0, 0.05) is 23.1 Å². The van der Waals surface area contributed by atoms with Crippen LogP contribution in [-0.2, 0) is 26.2 Å². The van der Waals surface area contributed by atoms with Gasteiger partial charge in [-0.05, 0) is 80.4 Å². The zero-order valence-corrected chi connectivity index (χ0v) is 25.0. The van der Waals surface area contributed by atoms with E-state index in [9.17, 15) is 18.0 Å². The number of nitrogens with zero attached hydrogens (tertiary/aromatic N) is 2. The maximum atomic E-state index is 13.9. The Hall–Kier alpha value is -3.27. The quantitative estimate of drug-likeness (QED) is 0.276. The summed E-state index contributed by atoms with van der Waals surface area (Å²) in [7, 11) is -4.21. The van der Waals surface area contributed by atoms with Gasteiger partial charge in [0.25, 0.3) is 10.0 Å². The number of hydrogen-bond acceptors (Lipinski definition) is 5. The molecule has 3 aromatic carbocycles. The van der Waals surface area contributed by atoms with Crippen LogP contribution in [0.3, 0.4) is 0 Å². The van der Waals surface area contributed by atoms with Crippen molar-refractivity contribution in [2.24, 2.45) is 0 Å². The Kier molecular flexibility index (Phi) is 11.2. The maximum absolute atomic E-state index is 13.9. The van der Waals surface area contributed by atoms with Crippen molar-refractivity contribution in [2.75, 3.05) is 24.0 Å². The van der Waals surface area contributed by atoms with Gasteiger partial charge in [-0.1, -0.05) is 48.3 Å². The first-order chi connectivity index (χ1) is 19.1. The smallest absolute Gasteiger partial charge is 0.264 e. The van der Waals surface area contributed by atoms with Crippen LogP contribution < -0.4 is 14.4 Å². The lowest BCUT2D eigenvalue weighted by atomic mass is 10.1. The zero-order chi connectivity index (χ0) is 29.3. The van der Waals surface area contributed by atoms with Crippen molar-refractivity contribution in [1.82, 2.24) is 10.2 Å². The Morgan fingerprint density at radius 2 is 1.60 bits per heavy atom. The van der Waals surface area contributed by atoms with Gasteiger partial charge in [-0.2, -0.15) is 0 Å². The molecule has 214 valence electrons. The fraction of sp³-hybridized carbons (Fsp3) is 0.310. The van der Waals surface area contributed by atoms with Gasteiger partial charge < -0.3 is 15.0 Å². The molecule has 3 rings (SSSR count). The minimum Gasteiger partial charge on any atom is -0.494 e. The Balaban J connectivity index is 2.03. The van der Waals surface area contributed by atoms with Gasteiger partial charge in [0.15, 0.2) is 0 Å². The molecule has 1 unspecified atom stereocenters. The van der Waals surface area contributed by atoms with Crippen LogP contribution in [-0.4, -0.2) is 50.9 Å². The molecular formula is C29H33Cl2N3O5S. The van der Waals surface area contributed by atoms with E-state index in [-0.39, 0.29) is 23.0 Å². The van der Waals surface area contributed by atoms with Crippen molar-refractivity contribution < 1.29 is 22.7 Å². The number of sulfonamides is 1. The molecule has 0 radical (unpaired) electrons. The monoisotopic (exact) mass is 605 g/mol. The predicted octanol–water partition coefficient (Wildman–Crippen LogP) is 5.53. The number of rotatable bonds is 13. The largest absolute Gasteiger partial charge is 0.494 e. The molecule has 8 nitrogen and oxygen atoms in total. The standard InChI is InChI=1S/C29H33Cl2N3O5S/c1-4-18-32-29(36)21(3)33(19-22-8-6-7-9-27(22)31)28(35)20-34(24-12-14-25(15-13-24)39-5-2)40(37,38)26-16-10-23(30)11-17-26/h6-17,21H,4-5,18-20H2,1-3H3,(H,32,36). The van der Waals surface area contributed by atoms with E-state index >= 15 is 0 Å². The number of carbonyl (C=O) groups excluding carboxylic acids is 2. The van der Waals surface area contributed by atoms with E-state index in [1.165, 1.54) is 29.2 Å². The van der Waals surface area contributed by atoms with Gasteiger partial charge in [-0.3, -0.25) is 13.9 Å². The fourth-order valence-corrected chi connectivity index (χ4v) is 5.66. The Morgan fingerprint density at radius 1 is 0.950 bits per heavy atom. The third kappa shape index (κ3) is 7.90. The second-order valence-corrected chi connectivity index (χ2v) is 11.7. The van der Waals surface area contributed by atoms with Gasteiger partial charge in [0.1, 0.15) is 18.3 Å². The summed E-state index contributed by atoms with van der Waals surface area (Å²) in [5.41, 5.74) is 0.883. The molecule has 0 heterocycles. The molecule has 1 N–H and O–H groups in total. The van der Waals surface area contributed by atoms with Crippen LogP contribution in [0.15, 0.2) is 77.7 Å². The van der Waals surface area contributed by atoms with Gasteiger partial charge in [0.05, 0.1) is 17.2 Å². The van der Waals surface area contributed by atoms with E-state index in [0.29, 0.717) is 34.5 Å². The summed E-state index contributed by atoms with van der Waals surface area (Å²) in [5, 5.41) is 3.61. The van der Waals surface area contributed by atoms with Gasteiger partial charge in [-0.25, -0.2) is 8.42 Å². The summed E-state index contributed by atoms with van der Waals surface area (Å²) >= 11 is 12.4. The lowest BCUT2D eigenvalue weighted by Crippen LogP contribution is -2.51. The van der Waals surface area contributed by atoms with Crippen molar-refractivity contribution in [1.29, 1.82) is 0 Å². The average molecular weight is 607 g/mol. The third-order valence-corrected chi connectivity index (χ3v) is 8.54. The van der Waals surface area contributed by atoms with Crippen LogP contribution in [0.25, 0.3) is 0 Å². The first kappa shape index (κ1) is 31.3. The fourth-order valence-electron chi connectivity index (χ4n) is 3.93. The molecule has 0 saturated carbocycles. The molecule has 1 atom stereocenters. The first-order valence-electron chi connectivity index (χ1n) is 12.9. The van der Waals surface area contributed by atoms with Crippen LogP contribution in [0.5, 0.6) is 5.75 Å². The molecule has 0 aromatic heterocycles. The minimum atomic E-state index is -4.21. The molecule has 3 aromatic rings. The lowest BCUT2D eigenvalue weighted by Gasteiger charge is -2.32. The Morgan fingerprint density at radius 3 is 2.20 bits per heavy atom. The number of ether oxygens (including phenoxy) is 1. The minimum absolute atomic E-state index is 0.0112. The van der Waals surface area contributed by atoms with Crippen molar-refractivity contribution in [2.45, 2.75) is 44.7 Å². The molecule has 0 aliphatic carbocycles. The molecule has 0 bridgehead atoms. The number of amides is 2. The molecule has 0 aliphatic rings. The number of halogens is 2. The van der Waals surface area contributed by atoms with Crippen LogP contribution in [0.1, 0.15) is 32.8 Å². The Labute approximate surface area is 245 Å². The van der Waals surface area contributed by atoms with Crippen molar-refractivity contribution in [3.63, 3.8) is 0 Å². The second-order valence-electron chi connectivity index (χ2n) is 8.97. The molecule has 11 heteroatoms. The highest BCUT2D eigenvalue weighted by molar-refractivity contribution is 7.92. The summed E-state index contributed by atoms with van der Waals surface area (Å²) in [5.74, 6) is -0.371. The molecule has 0 spiro atoms. The van der Waals surface area contributed by atoms with Gasteiger partial charge in [-0.15, -0.1) is 0 Å². The highest BCUT2D eigenvalue weighted by Gasteiger charge is 2.32. The maximum Gasteiger partial charge on any atom is 0.264 e. The molecule has 0 aliphatic heterocycles. The number of carbonyl (C=O) groups is 2. The molecule has 2 amide bonds. The molecule has 40 heavy (non-hydrogen) atoms. The SMILES string of the molecule is CCCNC(=O)C(C)N(Cc1ccccc1Cl)C(=O)CN(c1ccc(OCC)cc1)S(=O)(=O)c1ccc(Cl)cc1. The van der Waals surface area contributed by atoms with Crippen LogP contribution in [0.4, 0.5) is 5.69 Å². The second kappa shape index (κ2) is 14.4. The number of anilines is 1. The topological polar surface area (TPSA) is 96.0 Å². The van der Waals surface area contributed by atoms with Crippen LogP contribution in [0, 0.1) is 0 Å². The normalized spacial score (nSPS) is 11.9. The highest BCUT2D eigenvalue weighted by atomic mass is 35.5. The van der Waals surface area contributed by atoms with E-state index in [0.717, 1.165) is 10.7 Å². The average Bonchev–Trinajstić information content (AvgIpc) is 2.94. The van der Waals surface area contributed by atoms with E-state index in [1.54, 1.807) is 55.5 Å². The first-order valence-corrected chi connectivity index (χ1v) is 15.1. The summed E-state index contributed by atoms with van der Waals surface area (Å²) in [4.78, 5) is 28.1. The summed E-state index contributed by atoms with van der Waals surface area (Å²) < 4.78 is 34.2. The van der Waals surface area contributed by atoms with E-state index in [1.807, 2.05) is 13.8 Å². The number of nitrogens with one attached hydrogen (secondary N) is 1. The van der Waals surface area contributed by atoms with Crippen LogP contribution in [0.2, 0.25) is 10.0 Å². The Bertz CT molecular complexity index is 1400. The zero-order valence-electron chi connectivity index (χ0n) is 22.6. The van der Waals surface area contributed by atoms with E-state index in [2.05, 4.69) is 5.32 Å². The van der Waals surface area contributed by atoms with Gasteiger partial charge >= 0.3 is 0 Å². The van der Waals surface area contributed by atoms with E-state index < -0.39 is 28.5 Å². The van der Waals surface area contributed by atoms with Crippen molar-refractivity contribution in [3.05, 3.63) is 88.4 Å². The predicted molar refractivity (Wildman–Crippen MR) is 158 cm³/mol.